The number of thioether (sulfide) groups is 1. The molecule has 4 atom stereocenters. The molecule has 2 aromatic carbocycles. The molecule has 3 heterocycles. The molecule has 0 bridgehead atoms. The van der Waals surface area contributed by atoms with Gasteiger partial charge < -0.3 is 5.32 Å². The number of para-hydroxylation sites is 1. The molecule has 9 nitrogen and oxygen atoms in total. The number of imide groups is 1. The normalized spacial score (nSPS) is 27.8. The average Bonchev–Trinajstić information content (AvgIpc) is 3.37. The molecule has 3 aliphatic heterocycles. The van der Waals surface area contributed by atoms with Crippen LogP contribution in [-0.2, 0) is 19.9 Å². The summed E-state index contributed by atoms with van der Waals surface area (Å²) in [6, 6.07) is 11.1. The smallest absolute Gasteiger partial charge is 0.274 e. The molecular weight excluding hydrogens is 444 g/mol. The molecule has 33 heavy (non-hydrogen) atoms. The third kappa shape index (κ3) is 2.87. The number of anilines is 2. The van der Waals surface area contributed by atoms with Crippen molar-refractivity contribution in [1.29, 1.82) is 0 Å². The summed E-state index contributed by atoms with van der Waals surface area (Å²) in [4.78, 5) is 52.9. The second kappa shape index (κ2) is 7.67. The summed E-state index contributed by atoms with van der Waals surface area (Å²) < 4.78 is 0. The van der Waals surface area contributed by atoms with Crippen molar-refractivity contribution in [3.63, 3.8) is 0 Å². The second-order valence-electron chi connectivity index (χ2n) is 8.53. The van der Waals surface area contributed by atoms with Gasteiger partial charge in [0.25, 0.3) is 5.69 Å². The maximum absolute atomic E-state index is 13.9. The van der Waals surface area contributed by atoms with Gasteiger partial charge in [0.2, 0.25) is 17.7 Å². The molecule has 2 fully saturated rings. The van der Waals surface area contributed by atoms with Crippen molar-refractivity contribution in [2.45, 2.75) is 24.9 Å². The van der Waals surface area contributed by atoms with Crippen LogP contribution in [0.3, 0.4) is 0 Å². The summed E-state index contributed by atoms with van der Waals surface area (Å²) in [5, 5.41) is 17.7. The Kier molecular flexibility index (Phi) is 5.02. The van der Waals surface area contributed by atoms with Crippen LogP contribution < -0.4 is 15.5 Å². The number of nitro groups is 1. The topological polar surface area (TPSA) is 122 Å². The predicted octanol–water partition coefficient (Wildman–Crippen LogP) is 2.58. The van der Waals surface area contributed by atoms with Crippen LogP contribution in [-0.4, -0.2) is 40.7 Å². The largest absolute Gasteiger partial charge is 0.324 e. The van der Waals surface area contributed by atoms with Crippen molar-refractivity contribution in [3.05, 3.63) is 63.7 Å². The highest BCUT2D eigenvalue weighted by Gasteiger charge is 2.70. The van der Waals surface area contributed by atoms with Gasteiger partial charge in [0.1, 0.15) is 5.54 Å². The zero-order chi connectivity index (χ0) is 23.5. The molecule has 2 saturated heterocycles. The van der Waals surface area contributed by atoms with Gasteiger partial charge >= 0.3 is 0 Å². The van der Waals surface area contributed by atoms with Gasteiger partial charge in [-0.3, -0.25) is 29.8 Å². The Hall–Kier alpha value is -3.24. The van der Waals surface area contributed by atoms with Crippen LogP contribution in [0.15, 0.2) is 42.5 Å². The fraction of sp³-hybridized carbons (Fsp3) is 0.348. The third-order valence-electron chi connectivity index (χ3n) is 6.97. The third-order valence-corrected chi connectivity index (χ3v) is 7.61. The Morgan fingerprint density at radius 1 is 1.12 bits per heavy atom. The van der Waals surface area contributed by atoms with Crippen molar-refractivity contribution in [2.24, 2.45) is 11.8 Å². The number of nitrogens with one attached hydrogen (secondary N) is 2. The molecule has 0 radical (unpaired) electrons. The number of nitro benzene ring substituents is 1. The highest BCUT2D eigenvalue weighted by molar-refractivity contribution is 7.98. The number of hydrogen-bond donors (Lipinski definition) is 2. The Bertz CT molecular complexity index is 1220. The van der Waals surface area contributed by atoms with Gasteiger partial charge in [-0.25, -0.2) is 4.90 Å². The molecular formula is C23H22N4O5S. The average molecular weight is 467 g/mol. The molecule has 5 rings (SSSR count). The number of hydrogen-bond acceptors (Lipinski definition) is 7. The molecule has 4 unspecified atom stereocenters. The van der Waals surface area contributed by atoms with Gasteiger partial charge in [-0.1, -0.05) is 24.3 Å². The van der Waals surface area contributed by atoms with E-state index in [1.165, 1.54) is 19.1 Å². The van der Waals surface area contributed by atoms with E-state index >= 15 is 0 Å². The highest BCUT2D eigenvalue weighted by Crippen LogP contribution is 2.54. The van der Waals surface area contributed by atoms with Crippen LogP contribution in [0, 0.1) is 28.9 Å². The minimum Gasteiger partial charge on any atom is -0.324 e. The molecule has 3 aliphatic rings. The Morgan fingerprint density at radius 2 is 1.88 bits per heavy atom. The number of benzene rings is 2. The molecule has 0 aliphatic carbocycles. The van der Waals surface area contributed by atoms with E-state index in [1.807, 2.05) is 6.26 Å². The fourth-order valence-electron chi connectivity index (χ4n) is 5.54. The molecule has 2 N–H and O–H groups in total. The van der Waals surface area contributed by atoms with E-state index < -0.39 is 34.1 Å². The predicted molar refractivity (Wildman–Crippen MR) is 124 cm³/mol. The van der Waals surface area contributed by atoms with Crippen molar-refractivity contribution >= 4 is 46.5 Å². The van der Waals surface area contributed by atoms with Crippen molar-refractivity contribution in [3.8, 4) is 0 Å². The van der Waals surface area contributed by atoms with E-state index in [1.54, 1.807) is 42.1 Å². The van der Waals surface area contributed by atoms with Crippen LogP contribution in [0.4, 0.5) is 17.1 Å². The minimum absolute atomic E-state index is 0.166. The van der Waals surface area contributed by atoms with E-state index in [0.717, 1.165) is 10.7 Å². The van der Waals surface area contributed by atoms with E-state index in [-0.39, 0.29) is 28.9 Å². The van der Waals surface area contributed by atoms with Crippen LogP contribution >= 0.6 is 11.8 Å². The van der Waals surface area contributed by atoms with Crippen LogP contribution in [0.5, 0.6) is 0 Å². The maximum Gasteiger partial charge on any atom is 0.274 e. The van der Waals surface area contributed by atoms with Crippen molar-refractivity contribution in [2.75, 3.05) is 22.2 Å². The van der Waals surface area contributed by atoms with Gasteiger partial charge in [-0.2, -0.15) is 11.8 Å². The van der Waals surface area contributed by atoms with E-state index in [2.05, 4.69) is 10.6 Å². The molecule has 0 aromatic heterocycles. The SMILES string of the molecule is CSCCC1NC2(C(=O)Nc3ccccc32)C2C(=O)N(c3cccc([N+](=O)[O-])c3C)C(=O)C12. The lowest BCUT2D eigenvalue weighted by atomic mass is 9.76. The summed E-state index contributed by atoms with van der Waals surface area (Å²) >= 11 is 1.62. The molecule has 10 heteroatoms. The first kappa shape index (κ1) is 21.6. The summed E-state index contributed by atoms with van der Waals surface area (Å²) in [7, 11) is 0. The number of nitrogens with zero attached hydrogens (tertiary/aromatic N) is 2. The summed E-state index contributed by atoms with van der Waals surface area (Å²) in [6.07, 6.45) is 2.56. The number of rotatable bonds is 5. The van der Waals surface area contributed by atoms with E-state index in [4.69, 9.17) is 0 Å². The van der Waals surface area contributed by atoms with E-state index in [0.29, 0.717) is 17.7 Å². The lowest BCUT2D eigenvalue weighted by molar-refractivity contribution is -0.385. The number of fused-ring (bicyclic) bond motifs is 4. The number of amides is 3. The zero-order valence-electron chi connectivity index (χ0n) is 18.0. The summed E-state index contributed by atoms with van der Waals surface area (Å²) in [5.74, 6) is -2.25. The van der Waals surface area contributed by atoms with Gasteiger partial charge in [0.05, 0.1) is 28.0 Å². The lowest BCUT2D eigenvalue weighted by Crippen LogP contribution is -2.53. The lowest BCUT2D eigenvalue weighted by Gasteiger charge is -2.29. The number of carbonyl (C=O) groups excluding carboxylic acids is 3. The van der Waals surface area contributed by atoms with Crippen LogP contribution in [0.1, 0.15) is 17.5 Å². The standard InChI is InChI=1S/C23H22N4O5S/c1-12-16(8-5-9-17(12)27(31)32)26-20(28)18-15(10-11-33-2)25-23(19(18)21(26)29)13-6-3-4-7-14(13)24-22(23)30/h3-9,15,18-19,25H,10-11H2,1-2H3,(H,24,30). The van der Waals surface area contributed by atoms with Crippen molar-refractivity contribution in [1.82, 2.24) is 5.32 Å². The van der Waals surface area contributed by atoms with Crippen molar-refractivity contribution < 1.29 is 19.3 Å². The van der Waals surface area contributed by atoms with Gasteiger partial charge in [0, 0.05) is 23.4 Å². The number of carbonyl (C=O) groups is 3. The van der Waals surface area contributed by atoms with E-state index in [9.17, 15) is 24.5 Å². The maximum atomic E-state index is 13.9. The Morgan fingerprint density at radius 3 is 2.61 bits per heavy atom. The molecule has 3 amide bonds. The van der Waals surface area contributed by atoms with Gasteiger partial charge in [0.15, 0.2) is 0 Å². The minimum atomic E-state index is -1.36. The Labute approximate surface area is 194 Å². The first-order valence-corrected chi connectivity index (χ1v) is 12.0. The van der Waals surface area contributed by atoms with Gasteiger partial charge in [-0.15, -0.1) is 0 Å². The molecule has 0 saturated carbocycles. The first-order chi connectivity index (χ1) is 15.8. The molecule has 1 spiro atoms. The second-order valence-corrected chi connectivity index (χ2v) is 9.52. The zero-order valence-corrected chi connectivity index (χ0v) is 18.8. The molecule has 2 aromatic rings. The van der Waals surface area contributed by atoms with Gasteiger partial charge in [-0.05, 0) is 37.5 Å². The summed E-state index contributed by atoms with van der Waals surface area (Å²) in [6.45, 7) is 1.53. The first-order valence-electron chi connectivity index (χ1n) is 10.6. The van der Waals surface area contributed by atoms with Crippen LogP contribution in [0.2, 0.25) is 0 Å². The van der Waals surface area contributed by atoms with Crippen LogP contribution in [0.25, 0.3) is 0 Å². The molecule has 170 valence electrons. The Balaban J connectivity index is 1.66. The monoisotopic (exact) mass is 466 g/mol. The highest BCUT2D eigenvalue weighted by atomic mass is 32.2. The fourth-order valence-corrected chi connectivity index (χ4v) is 6.03. The summed E-state index contributed by atoms with van der Waals surface area (Å²) in [5.41, 5.74) is 0.170. The quantitative estimate of drug-likeness (QED) is 0.395.